The van der Waals surface area contributed by atoms with Gasteiger partial charge in [0.05, 0.1) is 0 Å². The molecule has 0 aliphatic heterocycles. The van der Waals surface area contributed by atoms with Crippen molar-refractivity contribution in [3.05, 3.63) is 35.6 Å². The van der Waals surface area contributed by atoms with E-state index in [9.17, 15) is 4.39 Å². The third-order valence-corrected chi connectivity index (χ3v) is 3.11. The maximum Gasteiger partial charge on any atom is 0.123 e. The van der Waals surface area contributed by atoms with Crippen molar-refractivity contribution in [3.8, 4) is 0 Å². The zero-order valence-electron chi connectivity index (χ0n) is 11.0. The molecule has 1 rings (SSSR count). The standard InChI is InChI=1S/C14H23FN2/c1-12(17(3)9-5-8-16-2)10-13-6-4-7-14(15)11-13/h4,6-7,11-12,16H,5,8-10H2,1-3H3. The third kappa shape index (κ3) is 5.29. The predicted molar refractivity (Wildman–Crippen MR) is 70.7 cm³/mol. The van der Waals surface area contributed by atoms with Crippen molar-refractivity contribution in [2.45, 2.75) is 25.8 Å². The summed E-state index contributed by atoms with van der Waals surface area (Å²) in [5.74, 6) is -0.146. The Morgan fingerprint density at radius 2 is 2.18 bits per heavy atom. The van der Waals surface area contributed by atoms with E-state index in [2.05, 4.69) is 24.2 Å². The number of nitrogens with zero attached hydrogens (tertiary/aromatic N) is 1. The summed E-state index contributed by atoms with van der Waals surface area (Å²) in [7, 11) is 4.09. The molecule has 1 unspecified atom stereocenters. The van der Waals surface area contributed by atoms with Crippen LogP contribution in [0.3, 0.4) is 0 Å². The molecular formula is C14H23FN2. The molecule has 17 heavy (non-hydrogen) atoms. The van der Waals surface area contributed by atoms with Crippen molar-refractivity contribution >= 4 is 0 Å². The Balaban J connectivity index is 2.39. The molecule has 0 fully saturated rings. The first-order valence-corrected chi connectivity index (χ1v) is 6.22. The summed E-state index contributed by atoms with van der Waals surface area (Å²) in [5.41, 5.74) is 1.07. The molecule has 0 spiro atoms. The van der Waals surface area contributed by atoms with Crippen molar-refractivity contribution in [2.75, 3.05) is 27.2 Å². The van der Waals surface area contributed by atoms with E-state index in [0.717, 1.165) is 31.5 Å². The normalized spacial score (nSPS) is 13.0. The summed E-state index contributed by atoms with van der Waals surface area (Å²) in [6.45, 7) is 4.29. The van der Waals surface area contributed by atoms with Crippen LogP contribution in [0.25, 0.3) is 0 Å². The molecule has 1 aromatic rings. The molecule has 1 aromatic carbocycles. The highest BCUT2D eigenvalue weighted by atomic mass is 19.1. The largest absolute Gasteiger partial charge is 0.320 e. The summed E-state index contributed by atoms with van der Waals surface area (Å²) >= 11 is 0. The van der Waals surface area contributed by atoms with Gasteiger partial charge >= 0.3 is 0 Å². The van der Waals surface area contributed by atoms with Crippen molar-refractivity contribution in [1.82, 2.24) is 10.2 Å². The van der Waals surface area contributed by atoms with Gasteiger partial charge in [-0.1, -0.05) is 12.1 Å². The molecule has 2 nitrogen and oxygen atoms in total. The van der Waals surface area contributed by atoms with Crippen LogP contribution in [0.15, 0.2) is 24.3 Å². The van der Waals surface area contributed by atoms with E-state index in [1.54, 1.807) is 12.1 Å². The molecule has 1 N–H and O–H groups in total. The lowest BCUT2D eigenvalue weighted by Gasteiger charge is -2.24. The number of hydrogen-bond donors (Lipinski definition) is 1. The Kier molecular flexibility index (Phi) is 6.16. The minimum atomic E-state index is -0.146. The van der Waals surface area contributed by atoms with Gasteiger partial charge in [-0.25, -0.2) is 4.39 Å². The van der Waals surface area contributed by atoms with E-state index in [0.29, 0.717) is 6.04 Å². The van der Waals surface area contributed by atoms with E-state index < -0.39 is 0 Å². The van der Waals surface area contributed by atoms with Crippen LogP contribution in [0.1, 0.15) is 18.9 Å². The van der Waals surface area contributed by atoms with Crippen LogP contribution >= 0.6 is 0 Å². The second-order valence-electron chi connectivity index (χ2n) is 4.62. The zero-order chi connectivity index (χ0) is 12.7. The lowest BCUT2D eigenvalue weighted by molar-refractivity contribution is 0.253. The SMILES string of the molecule is CNCCCN(C)C(C)Cc1cccc(F)c1. The first-order chi connectivity index (χ1) is 8.13. The zero-order valence-corrected chi connectivity index (χ0v) is 11.0. The van der Waals surface area contributed by atoms with Gasteiger partial charge in [0.25, 0.3) is 0 Å². The van der Waals surface area contributed by atoms with E-state index in [-0.39, 0.29) is 5.82 Å². The first kappa shape index (κ1) is 14.1. The average molecular weight is 238 g/mol. The number of hydrogen-bond acceptors (Lipinski definition) is 2. The van der Waals surface area contributed by atoms with E-state index in [1.807, 2.05) is 13.1 Å². The highest BCUT2D eigenvalue weighted by molar-refractivity contribution is 5.17. The molecular weight excluding hydrogens is 215 g/mol. The fourth-order valence-electron chi connectivity index (χ4n) is 1.89. The highest BCUT2D eigenvalue weighted by Gasteiger charge is 2.09. The van der Waals surface area contributed by atoms with Gasteiger partial charge in [0, 0.05) is 6.04 Å². The van der Waals surface area contributed by atoms with Gasteiger partial charge in [-0.05, 0) is 64.6 Å². The van der Waals surface area contributed by atoms with Crippen molar-refractivity contribution in [3.63, 3.8) is 0 Å². The summed E-state index contributed by atoms with van der Waals surface area (Å²) in [6, 6.07) is 7.32. The van der Waals surface area contributed by atoms with Gasteiger partial charge in [-0.2, -0.15) is 0 Å². The summed E-state index contributed by atoms with van der Waals surface area (Å²) in [6.07, 6.45) is 2.04. The molecule has 0 amide bonds. The van der Waals surface area contributed by atoms with Gasteiger partial charge in [0.2, 0.25) is 0 Å². The van der Waals surface area contributed by atoms with Crippen LogP contribution in [0, 0.1) is 5.82 Å². The molecule has 0 aliphatic rings. The second kappa shape index (κ2) is 7.41. The molecule has 0 heterocycles. The maximum atomic E-state index is 13.0. The number of rotatable bonds is 7. The first-order valence-electron chi connectivity index (χ1n) is 6.22. The van der Waals surface area contributed by atoms with Crippen LogP contribution in [-0.4, -0.2) is 38.1 Å². The minimum Gasteiger partial charge on any atom is -0.320 e. The predicted octanol–water partition coefficient (Wildman–Crippen LogP) is 2.30. The van der Waals surface area contributed by atoms with Crippen LogP contribution in [0.4, 0.5) is 4.39 Å². The topological polar surface area (TPSA) is 15.3 Å². The van der Waals surface area contributed by atoms with E-state index >= 15 is 0 Å². The number of halogens is 1. The smallest absolute Gasteiger partial charge is 0.123 e. The van der Waals surface area contributed by atoms with Gasteiger partial charge in [0.15, 0.2) is 0 Å². The molecule has 0 aliphatic carbocycles. The number of nitrogens with one attached hydrogen (secondary N) is 1. The number of likely N-dealkylation sites (N-methyl/N-ethyl adjacent to an activating group) is 1. The molecule has 0 saturated carbocycles. The quantitative estimate of drug-likeness (QED) is 0.733. The maximum absolute atomic E-state index is 13.0. The lowest BCUT2D eigenvalue weighted by Crippen LogP contribution is -2.32. The monoisotopic (exact) mass is 238 g/mol. The molecule has 3 heteroatoms. The molecule has 0 saturated heterocycles. The van der Waals surface area contributed by atoms with Crippen LogP contribution in [0.5, 0.6) is 0 Å². The number of benzene rings is 1. The second-order valence-corrected chi connectivity index (χ2v) is 4.62. The van der Waals surface area contributed by atoms with Crippen LogP contribution in [-0.2, 0) is 6.42 Å². The Bertz CT molecular complexity index is 328. The van der Waals surface area contributed by atoms with Gasteiger partial charge in [-0.15, -0.1) is 0 Å². The molecule has 96 valence electrons. The lowest BCUT2D eigenvalue weighted by atomic mass is 10.1. The Hall–Kier alpha value is -0.930. The summed E-state index contributed by atoms with van der Waals surface area (Å²) in [4.78, 5) is 2.32. The molecule has 0 bridgehead atoms. The van der Waals surface area contributed by atoms with Gasteiger partial charge in [0.1, 0.15) is 5.82 Å². The van der Waals surface area contributed by atoms with Crippen molar-refractivity contribution in [2.24, 2.45) is 0 Å². The van der Waals surface area contributed by atoms with E-state index in [4.69, 9.17) is 0 Å². The van der Waals surface area contributed by atoms with Crippen molar-refractivity contribution < 1.29 is 4.39 Å². The Morgan fingerprint density at radius 1 is 1.41 bits per heavy atom. The highest BCUT2D eigenvalue weighted by Crippen LogP contribution is 2.09. The Morgan fingerprint density at radius 3 is 2.82 bits per heavy atom. The van der Waals surface area contributed by atoms with Gasteiger partial charge < -0.3 is 10.2 Å². The van der Waals surface area contributed by atoms with Gasteiger partial charge in [-0.3, -0.25) is 0 Å². The molecule has 0 aromatic heterocycles. The third-order valence-electron chi connectivity index (χ3n) is 3.11. The fraction of sp³-hybridized carbons (Fsp3) is 0.571. The van der Waals surface area contributed by atoms with Crippen LogP contribution < -0.4 is 5.32 Å². The summed E-state index contributed by atoms with van der Waals surface area (Å²) in [5, 5.41) is 3.14. The Labute approximate surface area is 104 Å². The van der Waals surface area contributed by atoms with Crippen LogP contribution in [0.2, 0.25) is 0 Å². The summed E-state index contributed by atoms with van der Waals surface area (Å²) < 4.78 is 13.0. The van der Waals surface area contributed by atoms with Crippen molar-refractivity contribution in [1.29, 1.82) is 0 Å². The fourth-order valence-corrected chi connectivity index (χ4v) is 1.89. The molecule has 0 radical (unpaired) electrons. The minimum absolute atomic E-state index is 0.146. The molecule has 1 atom stereocenters. The van der Waals surface area contributed by atoms with E-state index in [1.165, 1.54) is 6.07 Å². The average Bonchev–Trinajstić information content (AvgIpc) is 2.29.